The zero-order valence-corrected chi connectivity index (χ0v) is 17.4. The molecule has 150 valence electrons. The van der Waals surface area contributed by atoms with E-state index in [0.29, 0.717) is 11.3 Å². The molecular formula is C24H29N5. The summed E-state index contributed by atoms with van der Waals surface area (Å²) in [6.07, 6.45) is 18.3. The first-order valence-electron chi connectivity index (χ1n) is 10.8. The highest BCUT2D eigenvalue weighted by molar-refractivity contribution is 5.86. The second-order valence-electron chi connectivity index (χ2n) is 9.14. The average Bonchev–Trinajstić information content (AvgIpc) is 3.37. The van der Waals surface area contributed by atoms with E-state index < -0.39 is 0 Å². The van der Waals surface area contributed by atoms with Gasteiger partial charge in [0.2, 0.25) is 0 Å². The lowest BCUT2D eigenvalue weighted by Crippen LogP contribution is -2.26. The Hall–Kier alpha value is -2.69. The fraction of sp³-hybridized carbons (Fsp3) is 0.458. The molecule has 0 bridgehead atoms. The number of hydrazone groups is 1. The molecule has 0 amide bonds. The van der Waals surface area contributed by atoms with Gasteiger partial charge in [-0.15, -0.1) is 0 Å². The summed E-state index contributed by atoms with van der Waals surface area (Å²) >= 11 is 0. The molecule has 29 heavy (non-hydrogen) atoms. The normalized spacial score (nSPS) is 22.6. The SMILES string of the molecule is Cc1ccc(-c2cnn(CC3(C)CCCCC3)c2)c(C2=CCC3C=NNC3=C2)n1. The molecule has 5 heteroatoms. The zero-order valence-electron chi connectivity index (χ0n) is 17.4. The number of aryl methyl sites for hydroxylation is 1. The Morgan fingerprint density at radius 1 is 1.21 bits per heavy atom. The van der Waals surface area contributed by atoms with E-state index in [-0.39, 0.29) is 0 Å². The largest absolute Gasteiger partial charge is 0.282 e. The van der Waals surface area contributed by atoms with Crippen LogP contribution in [-0.2, 0) is 6.54 Å². The number of rotatable bonds is 4. The molecule has 1 saturated carbocycles. The molecule has 0 aromatic carbocycles. The lowest BCUT2D eigenvalue weighted by molar-refractivity contribution is 0.176. The number of nitrogens with one attached hydrogen (secondary N) is 1. The van der Waals surface area contributed by atoms with Crippen LogP contribution in [0.5, 0.6) is 0 Å². The first-order valence-corrected chi connectivity index (χ1v) is 10.8. The van der Waals surface area contributed by atoms with Gasteiger partial charge in [-0.05, 0) is 49.3 Å². The quantitative estimate of drug-likeness (QED) is 0.794. The van der Waals surface area contributed by atoms with Crippen LogP contribution in [0.1, 0.15) is 56.8 Å². The Morgan fingerprint density at radius 2 is 2.07 bits per heavy atom. The summed E-state index contributed by atoms with van der Waals surface area (Å²) in [6, 6.07) is 4.28. The summed E-state index contributed by atoms with van der Waals surface area (Å²) in [6.45, 7) is 5.46. The molecule has 5 rings (SSSR count). The molecule has 1 unspecified atom stereocenters. The molecule has 5 nitrogen and oxygen atoms in total. The van der Waals surface area contributed by atoms with Gasteiger partial charge in [0.1, 0.15) is 0 Å². The number of allylic oxidation sites excluding steroid dienone is 4. The minimum atomic E-state index is 0.370. The third-order valence-corrected chi connectivity index (χ3v) is 6.61. The maximum absolute atomic E-state index is 4.91. The van der Waals surface area contributed by atoms with Gasteiger partial charge in [0.25, 0.3) is 0 Å². The molecule has 1 aliphatic heterocycles. The molecule has 0 spiro atoms. The van der Waals surface area contributed by atoms with Gasteiger partial charge in [-0.1, -0.05) is 38.3 Å². The summed E-state index contributed by atoms with van der Waals surface area (Å²) in [5.74, 6) is 0.381. The van der Waals surface area contributed by atoms with E-state index in [2.05, 4.69) is 59.5 Å². The van der Waals surface area contributed by atoms with Crippen molar-refractivity contribution in [3.63, 3.8) is 0 Å². The molecule has 3 aliphatic rings. The number of pyridine rings is 1. The van der Waals surface area contributed by atoms with Crippen molar-refractivity contribution in [2.45, 2.75) is 58.9 Å². The highest BCUT2D eigenvalue weighted by Crippen LogP contribution is 2.38. The molecule has 0 saturated heterocycles. The Morgan fingerprint density at radius 3 is 2.93 bits per heavy atom. The molecule has 2 aromatic heterocycles. The number of hydrogen-bond donors (Lipinski definition) is 1. The maximum Gasteiger partial charge on any atom is 0.0782 e. The Balaban J connectivity index is 1.45. The van der Waals surface area contributed by atoms with Crippen molar-refractivity contribution >= 4 is 11.8 Å². The molecule has 1 atom stereocenters. The summed E-state index contributed by atoms with van der Waals surface area (Å²) in [4.78, 5) is 4.91. The van der Waals surface area contributed by atoms with E-state index in [9.17, 15) is 0 Å². The van der Waals surface area contributed by atoms with E-state index in [1.54, 1.807) is 0 Å². The van der Waals surface area contributed by atoms with Crippen LogP contribution < -0.4 is 5.43 Å². The first-order chi connectivity index (χ1) is 14.1. The minimum Gasteiger partial charge on any atom is -0.282 e. The minimum absolute atomic E-state index is 0.370. The number of fused-ring (bicyclic) bond motifs is 1. The standard InChI is InChI=1S/C24H29N5/c1-17-6-9-21(23(27-17)18-7-8-19-13-25-28-22(19)12-18)20-14-26-29(15-20)16-24(2)10-4-3-5-11-24/h6-7,9,12-15,19,28H,3-5,8,10-11,16H2,1-2H3. The van der Waals surface area contributed by atoms with Gasteiger partial charge in [0, 0.05) is 47.4 Å². The van der Waals surface area contributed by atoms with Crippen molar-refractivity contribution in [2.75, 3.05) is 0 Å². The Labute approximate surface area is 172 Å². The summed E-state index contributed by atoms with van der Waals surface area (Å²) in [5.41, 5.74) is 10.2. The first kappa shape index (κ1) is 18.3. The molecule has 0 radical (unpaired) electrons. The zero-order chi connectivity index (χ0) is 19.8. The third kappa shape index (κ3) is 3.66. The van der Waals surface area contributed by atoms with Crippen molar-refractivity contribution < 1.29 is 0 Å². The average molecular weight is 388 g/mol. The van der Waals surface area contributed by atoms with Crippen molar-refractivity contribution in [1.29, 1.82) is 0 Å². The molecule has 1 fully saturated rings. The molecule has 2 aliphatic carbocycles. The van der Waals surface area contributed by atoms with Gasteiger partial charge in [0.05, 0.1) is 11.9 Å². The van der Waals surface area contributed by atoms with Gasteiger partial charge in [0.15, 0.2) is 0 Å². The van der Waals surface area contributed by atoms with Crippen molar-refractivity contribution in [3.8, 4) is 11.1 Å². The van der Waals surface area contributed by atoms with Crippen LogP contribution in [0.15, 0.2) is 47.5 Å². The monoisotopic (exact) mass is 387 g/mol. The van der Waals surface area contributed by atoms with Crippen LogP contribution in [0.3, 0.4) is 0 Å². The Bertz CT molecular complexity index is 1000. The van der Waals surface area contributed by atoms with Crippen LogP contribution in [-0.4, -0.2) is 21.0 Å². The van der Waals surface area contributed by atoms with Crippen LogP contribution in [0.4, 0.5) is 0 Å². The summed E-state index contributed by atoms with van der Waals surface area (Å²) in [7, 11) is 0. The predicted molar refractivity (Wildman–Crippen MR) is 117 cm³/mol. The van der Waals surface area contributed by atoms with Crippen molar-refractivity contribution in [2.24, 2.45) is 16.4 Å². The number of hydrogen-bond acceptors (Lipinski definition) is 4. The topological polar surface area (TPSA) is 55.1 Å². The van der Waals surface area contributed by atoms with E-state index in [4.69, 9.17) is 10.1 Å². The molecule has 2 aromatic rings. The maximum atomic E-state index is 4.91. The van der Waals surface area contributed by atoms with Crippen LogP contribution in [0.25, 0.3) is 16.7 Å². The lowest BCUT2D eigenvalue weighted by atomic mass is 9.76. The van der Waals surface area contributed by atoms with Crippen LogP contribution in [0, 0.1) is 18.3 Å². The summed E-state index contributed by atoms with van der Waals surface area (Å²) in [5, 5.41) is 8.92. The molecular weight excluding hydrogens is 358 g/mol. The summed E-state index contributed by atoms with van der Waals surface area (Å²) < 4.78 is 2.14. The van der Waals surface area contributed by atoms with E-state index in [1.807, 2.05) is 12.4 Å². The smallest absolute Gasteiger partial charge is 0.0782 e. The highest BCUT2D eigenvalue weighted by Gasteiger charge is 2.28. The predicted octanol–water partition coefficient (Wildman–Crippen LogP) is 5.10. The van der Waals surface area contributed by atoms with E-state index >= 15 is 0 Å². The molecule has 1 N–H and O–H groups in total. The number of aromatic nitrogens is 3. The van der Waals surface area contributed by atoms with E-state index in [0.717, 1.165) is 41.2 Å². The highest BCUT2D eigenvalue weighted by atomic mass is 15.3. The van der Waals surface area contributed by atoms with Gasteiger partial charge < -0.3 is 0 Å². The van der Waals surface area contributed by atoms with Gasteiger partial charge in [-0.2, -0.15) is 10.2 Å². The fourth-order valence-electron chi connectivity index (χ4n) is 4.89. The second-order valence-corrected chi connectivity index (χ2v) is 9.14. The van der Waals surface area contributed by atoms with Crippen molar-refractivity contribution in [1.82, 2.24) is 20.2 Å². The van der Waals surface area contributed by atoms with Gasteiger partial charge in [-0.25, -0.2) is 0 Å². The van der Waals surface area contributed by atoms with E-state index in [1.165, 1.54) is 37.7 Å². The fourth-order valence-corrected chi connectivity index (χ4v) is 4.89. The number of nitrogens with zero attached hydrogens (tertiary/aromatic N) is 4. The van der Waals surface area contributed by atoms with Crippen LogP contribution in [0.2, 0.25) is 0 Å². The van der Waals surface area contributed by atoms with Crippen molar-refractivity contribution in [3.05, 3.63) is 53.8 Å². The molecule has 3 heterocycles. The van der Waals surface area contributed by atoms with Gasteiger partial charge in [-0.3, -0.25) is 15.1 Å². The third-order valence-electron chi connectivity index (χ3n) is 6.61. The Kier molecular flexibility index (Phi) is 4.61. The second kappa shape index (κ2) is 7.29. The van der Waals surface area contributed by atoms with Crippen LogP contribution >= 0.6 is 0 Å². The van der Waals surface area contributed by atoms with Gasteiger partial charge >= 0.3 is 0 Å². The lowest BCUT2D eigenvalue weighted by Gasteiger charge is -2.33.